The minimum atomic E-state index is 0.788. The Morgan fingerprint density at radius 2 is 2.20 bits per heavy atom. The molecule has 0 radical (unpaired) electrons. The van der Waals surface area contributed by atoms with E-state index >= 15 is 0 Å². The van der Waals surface area contributed by atoms with Crippen molar-refractivity contribution in [2.24, 2.45) is 0 Å². The van der Waals surface area contributed by atoms with Gasteiger partial charge >= 0.3 is 0 Å². The van der Waals surface area contributed by atoms with Gasteiger partial charge in [-0.25, -0.2) is 0 Å². The smallest absolute Gasteiger partial charge is 0.146 e. The maximum absolute atomic E-state index is 5.07. The Morgan fingerprint density at radius 1 is 1.50 bits per heavy atom. The predicted octanol–water partition coefficient (Wildman–Crippen LogP) is 1.42. The molecular weight excluding hydrogens is 140 g/mol. The number of hydrogen-bond acceptors (Lipinski definition) is 1. The molecule has 0 aromatic rings. The maximum atomic E-state index is 5.07. The monoisotopic (exact) mass is 158 g/mol. The topological polar surface area (TPSA) is 9.23 Å². The van der Waals surface area contributed by atoms with Gasteiger partial charge < -0.3 is 4.43 Å². The molecule has 0 spiro atoms. The lowest BCUT2D eigenvalue weighted by Gasteiger charge is -2.02. The Balaban J connectivity index is 3.05. The van der Waals surface area contributed by atoms with Gasteiger partial charge in [0.05, 0.1) is 6.61 Å². The zero-order valence-electron chi connectivity index (χ0n) is 7.15. The summed E-state index contributed by atoms with van der Waals surface area (Å²) in [6, 6.07) is 0. The van der Waals surface area contributed by atoms with Crippen molar-refractivity contribution in [3.8, 4) is 0 Å². The summed E-state index contributed by atoms with van der Waals surface area (Å²) in [5.41, 5.74) is 1.25. The van der Waals surface area contributed by atoms with Crippen LogP contribution in [0, 0.1) is 0 Å². The molecule has 0 heterocycles. The van der Waals surface area contributed by atoms with Gasteiger partial charge in [-0.1, -0.05) is 31.9 Å². The maximum Gasteiger partial charge on any atom is 0.146 e. The van der Waals surface area contributed by atoms with Gasteiger partial charge in [-0.05, 0) is 12.8 Å². The van der Waals surface area contributed by atoms with E-state index in [4.69, 9.17) is 4.43 Å². The molecule has 0 atom stereocenters. The van der Waals surface area contributed by atoms with Crippen LogP contribution in [0.25, 0.3) is 0 Å². The van der Waals surface area contributed by atoms with Crippen LogP contribution in [0.3, 0.4) is 0 Å². The summed E-state index contributed by atoms with van der Waals surface area (Å²) in [5, 5.41) is 0. The lowest BCUT2D eigenvalue weighted by Crippen LogP contribution is -1.93. The lowest BCUT2D eigenvalue weighted by molar-refractivity contribution is 0.382. The van der Waals surface area contributed by atoms with E-state index in [1.165, 1.54) is 24.8 Å². The van der Waals surface area contributed by atoms with E-state index in [-0.39, 0.29) is 0 Å². The molecule has 0 aliphatic carbocycles. The number of rotatable bonds is 6. The van der Waals surface area contributed by atoms with Crippen molar-refractivity contribution < 1.29 is 4.43 Å². The van der Waals surface area contributed by atoms with Crippen molar-refractivity contribution in [1.29, 1.82) is 0 Å². The van der Waals surface area contributed by atoms with Crippen molar-refractivity contribution in [3.63, 3.8) is 0 Å². The summed E-state index contributed by atoms with van der Waals surface area (Å²) >= 11 is 0. The molecule has 60 valence electrons. The number of unbranched alkanes of at least 4 members (excludes halogenated alkanes) is 2. The summed E-state index contributed by atoms with van der Waals surface area (Å²) in [6.45, 7) is 6.92. The highest BCUT2D eigenvalue weighted by Gasteiger charge is 1.91. The second-order valence-electron chi connectivity index (χ2n) is 2.64. The van der Waals surface area contributed by atoms with Crippen LogP contribution < -0.4 is 0 Å². The molecule has 0 aromatic heterocycles. The molecule has 0 fully saturated rings. The Kier molecular flexibility index (Phi) is 6.97. The standard InChI is InChI=1S/C8H18OSi/c1-3-4-5-6-8(2)7-9-10/h2-7H2,1,10H3. The van der Waals surface area contributed by atoms with Crippen LogP contribution in [-0.2, 0) is 4.43 Å². The van der Waals surface area contributed by atoms with Crippen LogP contribution >= 0.6 is 0 Å². The Bertz CT molecular complexity index is 91.3. The van der Waals surface area contributed by atoms with E-state index in [1.54, 1.807) is 0 Å². The Morgan fingerprint density at radius 3 is 2.70 bits per heavy atom. The zero-order chi connectivity index (χ0) is 7.82. The van der Waals surface area contributed by atoms with E-state index in [2.05, 4.69) is 13.5 Å². The van der Waals surface area contributed by atoms with Crippen LogP contribution in [-0.4, -0.2) is 17.1 Å². The molecule has 0 saturated heterocycles. The highest BCUT2D eigenvalue weighted by atomic mass is 28.2. The molecular formula is C8H18OSi. The van der Waals surface area contributed by atoms with Crippen LogP contribution in [0.1, 0.15) is 32.6 Å². The summed E-state index contributed by atoms with van der Waals surface area (Å²) in [5.74, 6) is 0. The first-order valence-electron chi connectivity index (χ1n) is 3.96. The van der Waals surface area contributed by atoms with Crippen molar-refractivity contribution in [2.75, 3.05) is 6.61 Å². The molecule has 2 heteroatoms. The molecule has 0 aliphatic heterocycles. The third-order valence-corrected chi connectivity index (χ3v) is 1.77. The van der Waals surface area contributed by atoms with Crippen molar-refractivity contribution >= 4 is 10.5 Å². The first kappa shape index (κ1) is 9.92. The molecule has 0 saturated carbocycles. The average molecular weight is 158 g/mol. The van der Waals surface area contributed by atoms with Crippen LogP contribution in [0.2, 0.25) is 0 Å². The largest absolute Gasteiger partial charge is 0.424 e. The molecule has 1 nitrogen and oxygen atoms in total. The fourth-order valence-corrected chi connectivity index (χ4v) is 1.31. The zero-order valence-corrected chi connectivity index (χ0v) is 9.15. The minimum absolute atomic E-state index is 0.788. The molecule has 0 aliphatic rings. The summed E-state index contributed by atoms with van der Waals surface area (Å²) in [7, 11) is 0.836. The van der Waals surface area contributed by atoms with E-state index in [0.29, 0.717) is 0 Å². The first-order chi connectivity index (χ1) is 4.81. The Labute approximate surface area is 67.0 Å². The molecule has 10 heavy (non-hydrogen) atoms. The van der Waals surface area contributed by atoms with Gasteiger partial charge in [0, 0.05) is 0 Å². The third-order valence-electron chi connectivity index (χ3n) is 1.48. The SMILES string of the molecule is C=C(CCCCC)CO[SiH3]. The van der Waals surface area contributed by atoms with Gasteiger partial charge in [0.2, 0.25) is 0 Å². The van der Waals surface area contributed by atoms with E-state index in [9.17, 15) is 0 Å². The average Bonchev–Trinajstić information content (AvgIpc) is 1.89. The van der Waals surface area contributed by atoms with E-state index in [1.807, 2.05) is 0 Å². The van der Waals surface area contributed by atoms with Gasteiger partial charge in [0.15, 0.2) is 0 Å². The predicted molar refractivity (Wildman–Crippen MR) is 49.2 cm³/mol. The van der Waals surface area contributed by atoms with Gasteiger partial charge in [-0.2, -0.15) is 0 Å². The molecule has 0 rings (SSSR count). The summed E-state index contributed by atoms with van der Waals surface area (Å²) in [4.78, 5) is 0. The van der Waals surface area contributed by atoms with E-state index < -0.39 is 0 Å². The third kappa shape index (κ3) is 6.04. The van der Waals surface area contributed by atoms with Crippen LogP contribution in [0.15, 0.2) is 12.2 Å². The molecule has 0 bridgehead atoms. The molecule has 0 amide bonds. The van der Waals surface area contributed by atoms with Crippen molar-refractivity contribution in [3.05, 3.63) is 12.2 Å². The second-order valence-corrected chi connectivity index (χ2v) is 3.22. The van der Waals surface area contributed by atoms with Crippen LogP contribution in [0.5, 0.6) is 0 Å². The highest BCUT2D eigenvalue weighted by Crippen LogP contribution is 2.06. The first-order valence-corrected chi connectivity index (χ1v) is 4.78. The van der Waals surface area contributed by atoms with Crippen LogP contribution in [0.4, 0.5) is 0 Å². The fraction of sp³-hybridized carbons (Fsp3) is 0.750. The second kappa shape index (κ2) is 7.03. The van der Waals surface area contributed by atoms with Crippen molar-refractivity contribution in [1.82, 2.24) is 0 Å². The molecule has 0 N–H and O–H groups in total. The number of hydrogen-bond donors (Lipinski definition) is 0. The Hall–Kier alpha value is -0.0831. The van der Waals surface area contributed by atoms with Gasteiger partial charge in [-0.3, -0.25) is 0 Å². The van der Waals surface area contributed by atoms with Crippen molar-refractivity contribution in [2.45, 2.75) is 32.6 Å². The normalized spacial score (nSPS) is 10.1. The van der Waals surface area contributed by atoms with Gasteiger partial charge in [0.25, 0.3) is 0 Å². The van der Waals surface area contributed by atoms with E-state index in [0.717, 1.165) is 23.5 Å². The quantitative estimate of drug-likeness (QED) is 0.323. The lowest BCUT2D eigenvalue weighted by atomic mass is 10.1. The van der Waals surface area contributed by atoms with Gasteiger partial charge in [-0.15, -0.1) is 0 Å². The minimum Gasteiger partial charge on any atom is -0.424 e. The highest BCUT2D eigenvalue weighted by molar-refractivity contribution is 5.98. The fourth-order valence-electron chi connectivity index (χ4n) is 0.901. The molecule has 0 unspecified atom stereocenters. The molecule has 0 aromatic carbocycles. The summed E-state index contributed by atoms with van der Waals surface area (Å²) < 4.78 is 5.07. The summed E-state index contributed by atoms with van der Waals surface area (Å²) in [6.07, 6.45) is 5.03. The van der Waals surface area contributed by atoms with Gasteiger partial charge in [0.1, 0.15) is 10.5 Å².